The van der Waals surface area contributed by atoms with E-state index in [1.807, 2.05) is 12.1 Å². The van der Waals surface area contributed by atoms with Gasteiger partial charge in [-0.2, -0.15) is 0 Å². The van der Waals surface area contributed by atoms with E-state index in [-0.39, 0.29) is 24.0 Å². The highest BCUT2D eigenvalue weighted by Crippen LogP contribution is 2.13. The average Bonchev–Trinajstić information content (AvgIpc) is 3.04. The lowest BCUT2D eigenvalue weighted by atomic mass is 10.1. The molecule has 23 heavy (non-hydrogen) atoms. The highest BCUT2D eigenvalue weighted by molar-refractivity contribution is 14.0. The number of guanidine groups is 1. The maximum absolute atomic E-state index is 5.44. The first kappa shape index (κ1) is 20.0. The van der Waals surface area contributed by atoms with Gasteiger partial charge in [0.2, 0.25) is 5.88 Å². The third kappa shape index (κ3) is 6.50. The molecule has 6 nitrogen and oxygen atoms in total. The lowest BCUT2D eigenvalue weighted by Crippen LogP contribution is -2.41. The Morgan fingerprint density at radius 2 is 2.35 bits per heavy atom. The molecule has 0 bridgehead atoms. The van der Waals surface area contributed by atoms with E-state index >= 15 is 0 Å². The van der Waals surface area contributed by atoms with Gasteiger partial charge in [0.15, 0.2) is 5.96 Å². The third-order valence-corrected chi connectivity index (χ3v) is 3.67. The second-order valence-electron chi connectivity index (χ2n) is 5.49. The second kappa shape index (κ2) is 10.6. The quantitative estimate of drug-likeness (QED) is 0.423. The van der Waals surface area contributed by atoms with Crippen molar-refractivity contribution in [3.05, 3.63) is 23.9 Å². The molecule has 0 amide bonds. The van der Waals surface area contributed by atoms with Crippen molar-refractivity contribution >= 4 is 29.9 Å². The molecule has 1 fully saturated rings. The maximum atomic E-state index is 5.44. The summed E-state index contributed by atoms with van der Waals surface area (Å²) in [5, 5.41) is 3.34. The van der Waals surface area contributed by atoms with E-state index in [0.29, 0.717) is 18.3 Å². The van der Waals surface area contributed by atoms with Crippen LogP contribution in [-0.2, 0) is 11.3 Å². The van der Waals surface area contributed by atoms with Gasteiger partial charge in [-0.1, -0.05) is 6.07 Å². The van der Waals surface area contributed by atoms with Gasteiger partial charge in [-0.25, -0.2) is 9.98 Å². The SMILES string of the molecule is CCNC(=NCc1ccc(OC)nc1)N(C)CC1CCOC1.I. The monoisotopic (exact) mass is 434 g/mol. The number of nitrogens with zero attached hydrogens (tertiary/aromatic N) is 3. The molecule has 1 saturated heterocycles. The van der Waals surface area contributed by atoms with Crippen molar-refractivity contribution in [2.45, 2.75) is 19.9 Å². The Morgan fingerprint density at radius 3 is 2.91 bits per heavy atom. The molecule has 2 heterocycles. The number of ether oxygens (including phenoxy) is 2. The third-order valence-electron chi connectivity index (χ3n) is 3.67. The first-order valence-electron chi connectivity index (χ1n) is 7.79. The van der Waals surface area contributed by atoms with Crippen LogP contribution in [0, 0.1) is 5.92 Å². The Kier molecular flexibility index (Phi) is 9.23. The first-order valence-corrected chi connectivity index (χ1v) is 7.79. The smallest absolute Gasteiger partial charge is 0.212 e. The van der Waals surface area contributed by atoms with Gasteiger partial charge in [0.1, 0.15) is 0 Å². The largest absolute Gasteiger partial charge is 0.481 e. The molecule has 1 N–H and O–H groups in total. The van der Waals surface area contributed by atoms with E-state index in [1.54, 1.807) is 13.3 Å². The van der Waals surface area contributed by atoms with Gasteiger partial charge in [-0.3, -0.25) is 0 Å². The standard InChI is InChI=1S/C16H26N4O2.HI/c1-4-17-16(20(2)11-14-7-8-22-12-14)19-10-13-5-6-15(21-3)18-9-13;/h5-6,9,14H,4,7-8,10-12H2,1-3H3,(H,17,19);1H. The zero-order valence-electron chi connectivity index (χ0n) is 14.1. The number of methoxy groups -OCH3 is 1. The normalized spacial score (nSPS) is 17.5. The number of nitrogens with one attached hydrogen (secondary N) is 1. The van der Waals surface area contributed by atoms with Crippen LogP contribution in [0.15, 0.2) is 23.3 Å². The van der Waals surface area contributed by atoms with E-state index < -0.39 is 0 Å². The number of hydrogen-bond donors (Lipinski definition) is 1. The Hall–Kier alpha value is -1.09. The predicted octanol–water partition coefficient (Wildman–Crippen LogP) is 2.14. The van der Waals surface area contributed by atoms with Crippen LogP contribution < -0.4 is 10.1 Å². The van der Waals surface area contributed by atoms with Crippen molar-refractivity contribution in [3.8, 4) is 5.88 Å². The van der Waals surface area contributed by atoms with Crippen molar-refractivity contribution < 1.29 is 9.47 Å². The zero-order chi connectivity index (χ0) is 15.8. The van der Waals surface area contributed by atoms with Gasteiger partial charge in [0, 0.05) is 44.9 Å². The fourth-order valence-electron chi connectivity index (χ4n) is 2.46. The number of pyridine rings is 1. The van der Waals surface area contributed by atoms with Crippen molar-refractivity contribution in [2.75, 3.05) is 40.5 Å². The van der Waals surface area contributed by atoms with Gasteiger partial charge < -0.3 is 19.7 Å². The van der Waals surface area contributed by atoms with E-state index in [1.165, 1.54) is 0 Å². The summed E-state index contributed by atoms with van der Waals surface area (Å²) in [6.45, 7) is 6.23. The number of rotatable bonds is 6. The minimum atomic E-state index is 0. The lowest BCUT2D eigenvalue weighted by molar-refractivity contribution is 0.181. The molecule has 0 aromatic carbocycles. The molecule has 1 aromatic heterocycles. The zero-order valence-corrected chi connectivity index (χ0v) is 16.4. The summed E-state index contributed by atoms with van der Waals surface area (Å²) < 4.78 is 10.5. The van der Waals surface area contributed by atoms with Crippen LogP contribution in [0.25, 0.3) is 0 Å². The highest BCUT2D eigenvalue weighted by atomic mass is 127. The molecule has 0 saturated carbocycles. The number of aliphatic imine (C=N–C) groups is 1. The van der Waals surface area contributed by atoms with Crippen LogP contribution in [0.4, 0.5) is 0 Å². The molecule has 1 unspecified atom stereocenters. The number of halogens is 1. The van der Waals surface area contributed by atoms with Gasteiger partial charge in [-0.05, 0) is 18.9 Å². The van der Waals surface area contributed by atoms with Crippen LogP contribution in [0.3, 0.4) is 0 Å². The number of hydrogen-bond acceptors (Lipinski definition) is 4. The van der Waals surface area contributed by atoms with E-state index in [4.69, 9.17) is 14.5 Å². The summed E-state index contributed by atoms with van der Waals surface area (Å²) in [5.74, 6) is 2.14. The Bertz CT molecular complexity index is 475. The maximum Gasteiger partial charge on any atom is 0.212 e. The second-order valence-corrected chi connectivity index (χ2v) is 5.49. The summed E-state index contributed by atoms with van der Waals surface area (Å²) in [6.07, 6.45) is 2.93. The molecule has 1 aromatic rings. The Balaban J connectivity index is 0.00000264. The van der Waals surface area contributed by atoms with Crippen LogP contribution in [0.5, 0.6) is 5.88 Å². The van der Waals surface area contributed by atoms with E-state index in [2.05, 4.69) is 29.2 Å². The van der Waals surface area contributed by atoms with Crippen LogP contribution in [0.1, 0.15) is 18.9 Å². The summed E-state index contributed by atoms with van der Waals surface area (Å²) in [4.78, 5) is 11.1. The van der Waals surface area contributed by atoms with Crippen molar-refractivity contribution in [1.29, 1.82) is 0 Å². The number of aromatic nitrogens is 1. The van der Waals surface area contributed by atoms with Crippen molar-refractivity contribution in [3.63, 3.8) is 0 Å². The molecule has 1 aliphatic heterocycles. The summed E-state index contributed by atoms with van der Waals surface area (Å²) >= 11 is 0. The van der Waals surface area contributed by atoms with Gasteiger partial charge in [0.25, 0.3) is 0 Å². The van der Waals surface area contributed by atoms with Crippen molar-refractivity contribution in [1.82, 2.24) is 15.2 Å². The molecule has 130 valence electrons. The Labute approximate surface area is 155 Å². The molecule has 0 spiro atoms. The molecule has 1 aliphatic rings. The van der Waals surface area contributed by atoms with Crippen LogP contribution in [-0.4, -0.2) is 56.3 Å². The highest BCUT2D eigenvalue weighted by Gasteiger charge is 2.18. The van der Waals surface area contributed by atoms with Crippen molar-refractivity contribution in [2.24, 2.45) is 10.9 Å². The minimum Gasteiger partial charge on any atom is -0.481 e. The van der Waals surface area contributed by atoms with Gasteiger partial charge in [0.05, 0.1) is 20.3 Å². The van der Waals surface area contributed by atoms with E-state index in [0.717, 1.165) is 44.2 Å². The lowest BCUT2D eigenvalue weighted by Gasteiger charge is -2.24. The molecular weight excluding hydrogens is 407 g/mol. The van der Waals surface area contributed by atoms with Gasteiger partial charge >= 0.3 is 0 Å². The van der Waals surface area contributed by atoms with Crippen LogP contribution in [0.2, 0.25) is 0 Å². The molecule has 7 heteroatoms. The summed E-state index contributed by atoms with van der Waals surface area (Å²) in [6, 6.07) is 3.85. The predicted molar refractivity (Wildman–Crippen MR) is 103 cm³/mol. The Morgan fingerprint density at radius 1 is 1.52 bits per heavy atom. The first-order chi connectivity index (χ1) is 10.7. The fourth-order valence-corrected chi connectivity index (χ4v) is 2.46. The molecule has 0 aliphatic carbocycles. The molecular formula is C16H27IN4O2. The molecule has 2 rings (SSSR count). The fraction of sp³-hybridized carbons (Fsp3) is 0.625. The topological polar surface area (TPSA) is 59.0 Å². The van der Waals surface area contributed by atoms with Gasteiger partial charge in [-0.15, -0.1) is 24.0 Å². The average molecular weight is 434 g/mol. The summed E-state index contributed by atoms with van der Waals surface area (Å²) in [7, 11) is 3.69. The molecule has 0 radical (unpaired) electrons. The minimum absolute atomic E-state index is 0. The van der Waals surface area contributed by atoms with E-state index in [9.17, 15) is 0 Å². The molecule has 1 atom stereocenters. The van der Waals surface area contributed by atoms with Crippen LogP contribution >= 0.6 is 24.0 Å². The summed E-state index contributed by atoms with van der Waals surface area (Å²) in [5.41, 5.74) is 1.06.